The number of hydrogen-bond acceptors (Lipinski definition) is 10. The number of rotatable bonds is 46. The number of carbonyl (C=O) groups is 1. The first kappa shape index (κ1) is 60.1. The van der Waals surface area contributed by atoms with Crippen LogP contribution < -0.4 is 5.32 Å². The standard InChI is InChI=1S/C50H99NO11S/c1-3-5-7-9-11-13-15-17-19-21-22-23-24-25-27-29-31-33-35-37-39-44(53)43(42-60-50-48(56)49(62-63(57,58)59)47(55)45(41-52)61-50)51-46(54)40-38-36-34-32-30-28-26-20-18-16-14-12-10-8-6-4-2/h43-45,47-50,52-53,55-56H,3-42H2,1-2H3,(H,51,54)(H,57,58,59). The second-order valence-corrected chi connectivity index (χ2v) is 19.9. The molecular weight excluding hydrogens is 823 g/mol. The van der Waals surface area contributed by atoms with Crippen molar-refractivity contribution in [2.24, 2.45) is 0 Å². The van der Waals surface area contributed by atoms with E-state index in [0.717, 1.165) is 51.4 Å². The lowest BCUT2D eigenvalue weighted by atomic mass is 9.99. The number of aliphatic hydroxyl groups is 4. The summed E-state index contributed by atoms with van der Waals surface area (Å²) in [5.74, 6) is -0.224. The van der Waals surface area contributed by atoms with E-state index in [-0.39, 0.29) is 12.5 Å². The smallest absolute Gasteiger partial charge is 0.394 e. The molecule has 0 saturated carbocycles. The molecule has 1 aliphatic heterocycles. The lowest BCUT2D eigenvalue weighted by Crippen LogP contribution is -2.61. The first-order valence-electron chi connectivity index (χ1n) is 26.4. The van der Waals surface area contributed by atoms with E-state index in [1.807, 2.05) is 0 Å². The molecule has 1 aliphatic rings. The minimum absolute atomic E-state index is 0.224. The molecule has 0 radical (unpaired) electrons. The van der Waals surface area contributed by atoms with Gasteiger partial charge in [0.2, 0.25) is 5.91 Å². The van der Waals surface area contributed by atoms with E-state index in [4.69, 9.17) is 9.47 Å². The quantitative estimate of drug-likeness (QED) is 0.0251. The van der Waals surface area contributed by atoms with Crippen molar-refractivity contribution in [1.82, 2.24) is 5.32 Å². The minimum atomic E-state index is -5.07. The number of unbranched alkanes of at least 4 members (excludes halogenated alkanes) is 34. The SMILES string of the molecule is CCCCCCCCCCCCCCCCCCCCCCC(O)C(COC1OC(CO)C(O)C(OS(=O)(=O)O)C1O)NC(=O)CCCCCCCCCCCCCCCCCC. The van der Waals surface area contributed by atoms with Crippen molar-refractivity contribution in [3.63, 3.8) is 0 Å². The van der Waals surface area contributed by atoms with Gasteiger partial charge in [0.25, 0.3) is 0 Å². The molecule has 376 valence electrons. The van der Waals surface area contributed by atoms with Crippen LogP contribution in [-0.2, 0) is 28.9 Å². The summed E-state index contributed by atoms with van der Waals surface area (Å²) in [7, 11) is -5.07. The minimum Gasteiger partial charge on any atom is -0.394 e. The van der Waals surface area contributed by atoms with Crippen LogP contribution in [-0.4, -0.2) is 95.4 Å². The van der Waals surface area contributed by atoms with E-state index in [1.165, 1.54) is 180 Å². The van der Waals surface area contributed by atoms with Crippen molar-refractivity contribution in [1.29, 1.82) is 0 Å². The highest BCUT2D eigenvalue weighted by molar-refractivity contribution is 7.80. The van der Waals surface area contributed by atoms with Crippen LogP contribution in [0.4, 0.5) is 0 Å². The van der Waals surface area contributed by atoms with Gasteiger partial charge in [-0.05, 0) is 12.8 Å². The van der Waals surface area contributed by atoms with E-state index in [0.29, 0.717) is 12.8 Å². The van der Waals surface area contributed by atoms with Crippen LogP contribution in [0.15, 0.2) is 0 Å². The van der Waals surface area contributed by atoms with Crippen LogP contribution >= 0.6 is 0 Å². The topological polar surface area (TPSA) is 192 Å². The third-order valence-electron chi connectivity index (χ3n) is 12.9. The van der Waals surface area contributed by atoms with E-state index < -0.39 is 59.9 Å². The lowest BCUT2D eigenvalue weighted by molar-refractivity contribution is -0.298. The molecule has 1 rings (SSSR count). The van der Waals surface area contributed by atoms with Gasteiger partial charge >= 0.3 is 10.4 Å². The zero-order valence-electron chi connectivity index (χ0n) is 40.4. The second-order valence-electron chi connectivity index (χ2n) is 18.8. The number of amides is 1. The maximum atomic E-state index is 13.1. The van der Waals surface area contributed by atoms with E-state index >= 15 is 0 Å². The molecule has 1 amide bonds. The van der Waals surface area contributed by atoms with Gasteiger partial charge in [0, 0.05) is 6.42 Å². The first-order chi connectivity index (χ1) is 30.5. The maximum Gasteiger partial charge on any atom is 0.397 e. The van der Waals surface area contributed by atoms with Gasteiger partial charge in [-0.25, -0.2) is 4.18 Å². The van der Waals surface area contributed by atoms with Crippen LogP contribution in [0.2, 0.25) is 0 Å². The molecule has 13 heteroatoms. The number of hydrogen-bond donors (Lipinski definition) is 6. The molecule has 0 aliphatic carbocycles. The van der Waals surface area contributed by atoms with E-state index in [1.54, 1.807) is 0 Å². The molecule has 0 aromatic rings. The Morgan fingerprint density at radius 1 is 0.571 bits per heavy atom. The molecule has 1 heterocycles. The van der Waals surface area contributed by atoms with Crippen LogP contribution in [0, 0.1) is 0 Å². The molecule has 7 unspecified atom stereocenters. The van der Waals surface area contributed by atoms with Crippen molar-refractivity contribution in [3.8, 4) is 0 Å². The Balaban J connectivity index is 2.40. The fourth-order valence-corrected chi connectivity index (χ4v) is 9.32. The Hall–Kier alpha value is -0.900. The number of nitrogens with one attached hydrogen (secondary N) is 1. The molecule has 7 atom stereocenters. The lowest BCUT2D eigenvalue weighted by Gasteiger charge is -2.41. The monoisotopic (exact) mass is 922 g/mol. The zero-order valence-corrected chi connectivity index (χ0v) is 41.2. The van der Waals surface area contributed by atoms with E-state index in [2.05, 4.69) is 23.3 Å². The van der Waals surface area contributed by atoms with E-state index in [9.17, 15) is 38.2 Å². The second kappa shape index (κ2) is 41.3. The van der Waals surface area contributed by atoms with Gasteiger partial charge in [-0.2, -0.15) is 8.42 Å². The Morgan fingerprint density at radius 2 is 0.921 bits per heavy atom. The fourth-order valence-electron chi connectivity index (χ4n) is 8.81. The summed E-state index contributed by atoms with van der Waals surface area (Å²) in [5.41, 5.74) is 0. The molecule has 0 spiro atoms. The molecule has 0 bridgehead atoms. The third kappa shape index (κ3) is 34.1. The summed E-state index contributed by atoms with van der Waals surface area (Å²) in [6.07, 6.45) is 36.7. The molecule has 1 fully saturated rings. The first-order valence-corrected chi connectivity index (χ1v) is 27.8. The number of carbonyl (C=O) groups excluding carboxylic acids is 1. The average molecular weight is 922 g/mol. The molecule has 12 nitrogen and oxygen atoms in total. The highest BCUT2D eigenvalue weighted by atomic mass is 32.3. The van der Waals surface area contributed by atoms with Crippen LogP contribution in [0.3, 0.4) is 0 Å². The van der Waals surface area contributed by atoms with Crippen LogP contribution in [0.1, 0.15) is 258 Å². The molecule has 0 aromatic heterocycles. The summed E-state index contributed by atoms with van der Waals surface area (Å²) >= 11 is 0. The Morgan fingerprint density at radius 3 is 1.27 bits per heavy atom. The van der Waals surface area contributed by atoms with Gasteiger partial charge in [0.05, 0.1) is 25.4 Å². The fraction of sp³-hybridized carbons (Fsp3) is 0.980. The Labute approximate surface area is 386 Å². The van der Waals surface area contributed by atoms with Crippen molar-refractivity contribution in [3.05, 3.63) is 0 Å². The van der Waals surface area contributed by atoms with Gasteiger partial charge < -0.3 is 35.2 Å². The van der Waals surface area contributed by atoms with Crippen molar-refractivity contribution < 1.29 is 51.8 Å². The molecular formula is C50H99NO11S. The number of ether oxygens (including phenoxy) is 2. The van der Waals surface area contributed by atoms with Crippen LogP contribution in [0.25, 0.3) is 0 Å². The predicted molar refractivity (Wildman–Crippen MR) is 255 cm³/mol. The predicted octanol–water partition coefficient (Wildman–Crippen LogP) is 11.3. The van der Waals surface area contributed by atoms with Crippen LogP contribution in [0.5, 0.6) is 0 Å². The molecule has 0 aromatic carbocycles. The summed E-state index contributed by atoms with van der Waals surface area (Å²) in [6.45, 7) is 3.49. The summed E-state index contributed by atoms with van der Waals surface area (Å²) in [6, 6.07) is -0.852. The number of aliphatic hydroxyl groups excluding tert-OH is 4. The van der Waals surface area contributed by atoms with Crippen molar-refractivity contribution in [2.75, 3.05) is 13.2 Å². The molecule has 63 heavy (non-hydrogen) atoms. The summed E-state index contributed by atoms with van der Waals surface area (Å²) < 4.78 is 47.8. The van der Waals surface area contributed by atoms with Crippen molar-refractivity contribution >= 4 is 16.3 Å². The maximum absolute atomic E-state index is 13.1. The zero-order chi connectivity index (χ0) is 46.2. The highest BCUT2D eigenvalue weighted by Crippen LogP contribution is 2.26. The van der Waals surface area contributed by atoms with Gasteiger partial charge in [-0.1, -0.05) is 239 Å². The molecule has 6 N–H and O–H groups in total. The summed E-state index contributed by atoms with van der Waals surface area (Å²) in [4.78, 5) is 13.1. The van der Waals surface area contributed by atoms with Gasteiger partial charge in [0.15, 0.2) is 6.29 Å². The van der Waals surface area contributed by atoms with Gasteiger partial charge in [0.1, 0.15) is 24.4 Å². The summed E-state index contributed by atoms with van der Waals surface area (Å²) in [5, 5.41) is 45.0. The van der Waals surface area contributed by atoms with Gasteiger partial charge in [-0.3, -0.25) is 9.35 Å². The molecule has 1 saturated heterocycles. The largest absolute Gasteiger partial charge is 0.397 e. The Bertz CT molecular complexity index is 1130. The van der Waals surface area contributed by atoms with Gasteiger partial charge in [-0.15, -0.1) is 0 Å². The Kier molecular flexibility index (Phi) is 39.4. The highest BCUT2D eigenvalue weighted by Gasteiger charge is 2.48. The average Bonchev–Trinajstić information content (AvgIpc) is 3.25. The third-order valence-corrected chi connectivity index (χ3v) is 13.4. The normalized spacial score (nSPS) is 20.3. The van der Waals surface area contributed by atoms with Crippen molar-refractivity contribution in [2.45, 2.75) is 301 Å².